The third-order valence-corrected chi connectivity index (χ3v) is 5.43. The largest absolute Gasteiger partial charge is 0.449 e. The minimum Gasteiger partial charge on any atom is -0.449 e. The second-order valence-electron chi connectivity index (χ2n) is 7.03. The van der Waals surface area contributed by atoms with Crippen molar-refractivity contribution in [3.63, 3.8) is 0 Å². The molecular formula is C21H18N2O3. The molecule has 130 valence electrons. The van der Waals surface area contributed by atoms with Gasteiger partial charge in [0.15, 0.2) is 5.60 Å². The minimum absolute atomic E-state index is 0.0549. The number of fused-ring (bicyclic) bond motifs is 3. The molecule has 1 amide bonds. The first-order valence-electron chi connectivity index (χ1n) is 8.86. The molecule has 1 N–H and O–H groups in total. The van der Waals surface area contributed by atoms with E-state index in [9.17, 15) is 9.59 Å². The number of aromatic nitrogens is 1. The molecule has 5 nitrogen and oxygen atoms in total. The SMILES string of the molecule is O=C1O[C@@]2(CCCN(C(=O)c3cc4ccccc4[nH]3)C2)c2ccccc21. The van der Waals surface area contributed by atoms with E-state index in [0.717, 1.165) is 29.3 Å². The number of para-hydroxylation sites is 1. The van der Waals surface area contributed by atoms with E-state index in [1.54, 1.807) is 11.0 Å². The predicted molar refractivity (Wildman–Crippen MR) is 97.0 cm³/mol. The molecule has 0 unspecified atom stereocenters. The molecule has 3 heterocycles. The number of rotatable bonds is 1. The zero-order valence-corrected chi connectivity index (χ0v) is 14.2. The number of nitrogens with zero attached hydrogens (tertiary/aromatic N) is 1. The van der Waals surface area contributed by atoms with Gasteiger partial charge in [0.2, 0.25) is 0 Å². The Balaban J connectivity index is 1.48. The van der Waals surface area contributed by atoms with E-state index in [1.165, 1.54) is 0 Å². The van der Waals surface area contributed by atoms with Gasteiger partial charge in [0.1, 0.15) is 5.69 Å². The quantitative estimate of drug-likeness (QED) is 0.686. The summed E-state index contributed by atoms with van der Waals surface area (Å²) in [7, 11) is 0. The number of amides is 1. The highest BCUT2D eigenvalue weighted by Gasteiger charge is 2.48. The van der Waals surface area contributed by atoms with Gasteiger partial charge in [0.25, 0.3) is 5.91 Å². The molecule has 2 aliphatic heterocycles. The van der Waals surface area contributed by atoms with Crippen molar-refractivity contribution in [3.05, 3.63) is 71.4 Å². The van der Waals surface area contributed by atoms with Gasteiger partial charge in [-0.15, -0.1) is 0 Å². The number of likely N-dealkylation sites (tertiary alicyclic amines) is 1. The van der Waals surface area contributed by atoms with E-state index in [-0.39, 0.29) is 11.9 Å². The number of hydrogen-bond acceptors (Lipinski definition) is 3. The van der Waals surface area contributed by atoms with Gasteiger partial charge in [-0.05, 0) is 31.0 Å². The smallest absolute Gasteiger partial charge is 0.339 e. The summed E-state index contributed by atoms with van der Waals surface area (Å²) in [6.07, 6.45) is 1.54. The standard InChI is InChI=1S/C21H18N2O3/c24-19(18-12-14-6-1-4-9-17(14)22-18)23-11-5-10-21(13-23)16-8-3-2-7-15(16)20(25)26-21/h1-4,6-9,12,22H,5,10-11,13H2/t21-/m1/s1. The second-order valence-corrected chi connectivity index (χ2v) is 7.03. The van der Waals surface area contributed by atoms with Crippen molar-refractivity contribution < 1.29 is 14.3 Å². The molecule has 5 rings (SSSR count). The van der Waals surface area contributed by atoms with Crippen LogP contribution in [0.3, 0.4) is 0 Å². The van der Waals surface area contributed by atoms with Gasteiger partial charge in [-0.2, -0.15) is 0 Å². The number of hydrogen-bond donors (Lipinski definition) is 1. The Labute approximate surface area is 150 Å². The van der Waals surface area contributed by atoms with Crippen molar-refractivity contribution in [1.29, 1.82) is 0 Å². The third kappa shape index (κ3) is 2.17. The van der Waals surface area contributed by atoms with Crippen LogP contribution in [0.1, 0.15) is 39.3 Å². The zero-order chi connectivity index (χ0) is 17.7. The van der Waals surface area contributed by atoms with E-state index in [0.29, 0.717) is 24.3 Å². The highest BCUT2D eigenvalue weighted by atomic mass is 16.6. The van der Waals surface area contributed by atoms with Gasteiger partial charge in [0, 0.05) is 23.0 Å². The molecule has 2 aliphatic rings. The van der Waals surface area contributed by atoms with Gasteiger partial charge in [-0.25, -0.2) is 4.79 Å². The monoisotopic (exact) mass is 346 g/mol. The Bertz CT molecular complexity index is 1010. The van der Waals surface area contributed by atoms with Gasteiger partial charge < -0.3 is 14.6 Å². The zero-order valence-electron chi connectivity index (χ0n) is 14.2. The molecule has 26 heavy (non-hydrogen) atoms. The van der Waals surface area contributed by atoms with Crippen LogP contribution in [0.4, 0.5) is 0 Å². The topological polar surface area (TPSA) is 62.4 Å². The number of piperidine rings is 1. The fourth-order valence-electron chi connectivity index (χ4n) is 4.20. The highest BCUT2D eigenvalue weighted by molar-refractivity contribution is 5.98. The van der Waals surface area contributed by atoms with Crippen LogP contribution < -0.4 is 0 Å². The molecule has 1 aromatic heterocycles. The molecule has 0 saturated carbocycles. The first-order chi connectivity index (χ1) is 12.7. The number of benzene rings is 2. The fraction of sp³-hybridized carbons (Fsp3) is 0.238. The number of esters is 1. The molecule has 1 spiro atoms. The van der Waals surface area contributed by atoms with Crippen molar-refractivity contribution in [2.45, 2.75) is 18.4 Å². The summed E-state index contributed by atoms with van der Waals surface area (Å²) >= 11 is 0. The van der Waals surface area contributed by atoms with Crippen LogP contribution in [-0.2, 0) is 10.3 Å². The second kappa shape index (κ2) is 5.46. The molecule has 1 saturated heterocycles. The summed E-state index contributed by atoms with van der Waals surface area (Å²) in [4.78, 5) is 30.3. The van der Waals surface area contributed by atoms with E-state index >= 15 is 0 Å². The lowest BCUT2D eigenvalue weighted by Gasteiger charge is -2.39. The maximum Gasteiger partial charge on any atom is 0.339 e. The van der Waals surface area contributed by atoms with Crippen LogP contribution in [0.5, 0.6) is 0 Å². The molecule has 1 fully saturated rings. The first kappa shape index (κ1) is 15.2. The Kier molecular flexibility index (Phi) is 3.19. The van der Waals surface area contributed by atoms with Crippen molar-refractivity contribution in [2.24, 2.45) is 0 Å². The Morgan fingerprint density at radius 3 is 2.81 bits per heavy atom. The molecule has 2 aromatic carbocycles. The predicted octanol–water partition coefficient (Wildman–Crippen LogP) is 3.47. The molecule has 0 bridgehead atoms. The lowest BCUT2D eigenvalue weighted by atomic mass is 9.85. The Morgan fingerprint density at radius 2 is 1.92 bits per heavy atom. The summed E-state index contributed by atoms with van der Waals surface area (Å²) in [6, 6.07) is 17.2. The van der Waals surface area contributed by atoms with Gasteiger partial charge in [-0.1, -0.05) is 36.4 Å². The van der Waals surface area contributed by atoms with Crippen molar-refractivity contribution in [2.75, 3.05) is 13.1 Å². The number of aromatic amines is 1. The van der Waals surface area contributed by atoms with Crippen LogP contribution in [0.25, 0.3) is 10.9 Å². The van der Waals surface area contributed by atoms with Crippen molar-refractivity contribution >= 4 is 22.8 Å². The first-order valence-corrected chi connectivity index (χ1v) is 8.86. The third-order valence-electron chi connectivity index (χ3n) is 5.43. The lowest BCUT2D eigenvalue weighted by Crippen LogP contribution is -2.48. The van der Waals surface area contributed by atoms with Crippen LogP contribution in [0, 0.1) is 0 Å². The highest BCUT2D eigenvalue weighted by Crippen LogP contribution is 2.43. The number of nitrogens with one attached hydrogen (secondary N) is 1. The fourth-order valence-corrected chi connectivity index (χ4v) is 4.20. The van der Waals surface area contributed by atoms with E-state index < -0.39 is 5.60 Å². The molecule has 3 aromatic rings. The molecule has 0 aliphatic carbocycles. The summed E-state index contributed by atoms with van der Waals surface area (Å²) < 4.78 is 5.79. The summed E-state index contributed by atoms with van der Waals surface area (Å²) in [5.41, 5.74) is 2.32. The van der Waals surface area contributed by atoms with Gasteiger partial charge >= 0.3 is 5.97 Å². The summed E-state index contributed by atoms with van der Waals surface area (Å²) in [5, 5.41) is 1.01. The van der Waals surface area contributed by atoms with Crippen molar-refractivity contribution in [3.8, 4) is 0 Å². The molecular weight excluding hydrogens is 328 g/mol. The van der Waals surface area contributed by atoms with E-state index in [2.05, 4.69) is 4.98 Å². The summed E-state index contributed by atoms with van der Waals surface area (Å²) in [6.45, 7) is 1.06. The van der Waals surface area contributed by atoms with Crippen molar-refractivity contribution in [1.82, 2.24) is 9.88 Å². The van der Waals surface area contributed by atoms with Gasteiger partial charge in [-0.3, -0.25) is 4.79 Å². The average Bonchev–Trinajstić information content (AvgIpc) is 3.22. The van der Waals surface area contributed by atoms with Gasteiger partial charge in [0.05, 0.1) is 12.1 Å². The number of carbonyl (C=O) groups is 2. The minimum atomic E-state index is -0.715. The number of H-pyrrole nitrogens is 1. The molecule has 0 radical (unpaired) electrons. The molecule has 5 heteroatoms. The maximum atomic E-state index is 13.1. The van der Waals surface area contributed by atoms with E-state index in [1.807, 2.05) is 48.5 Å². The number of carbonyl (C=O) groups excluding carboxylic acids is 2. The summed E-state index contributed by atoms with van der Waals surface area (Å²) in [5.74, 6) is -0.346. The van der Waals surface area contributed by atoms with Crippen LogP contribution in [0.2, 0.25) is 0 Å². The Morgan fingerprint density at radius 1 is 1.12 bits per heavy atom. The number of ether oxygens (including phenoxy) is 1. The average molecular weight is 346 g/mol. The van der Waals surface area contributed by atoms with E-state index in [4.69, 9.17) is 4.74 Å². The maximum absolute atomic E-state index is 13.1. The molecule has 1 atom stereocenters. The van der Waals surface area contributed by atoms with Crippen LogP contribution in [0.15, 0.2) is 54.6 Å². The van der Waals surface area contributed by atoms with Crippen LogP contribution in [-0.4, -0.2) is 34.8 Å². The normalized spacial score (nSPS) is 21.8. The lowest BCUT2D eigenvalue weighted by molar-refractivity contribution is -0.0443. The Hall–Kier alpha value is -3.08. The van der Waals surface area contributed by atoms with Crippen LogP contribution >= 0.6 is 0 Å².